The summed E-state index contributed by atoms with van der Waals surface area (Å²) in [5.41, 5.74) is 0. The van der Waals surface area contributed by atoms with Crippen molar-refractivity contribution in [1.82, 2.24) is 0 Å². The van der Waals surface area contributed by atoms with Gasteiger partial charge in [-0.2, -0.15) is 14.1 Å². The van der Waals surface area contributed by atoms with Crippen molar-refractivity contribution in [3.8, 4) is 0 Å². The van der Waals surface area contributed by atoms with Gasteiger partial charge in [0.25, 0.3) is 0 Å². The van der Waals surface area contributed by atoms with Gasteiger partial charge in [-0.3, -0.25) is 13.6 Å². The van der Waals surface area contributed by atoms with Gasteiger partial charge in [0.15, 0.2) is 0 Å². The molecule has 0 spiro atoms. The Morgan fingerprint density at radius 1 is 0.630 bits per heavy atom. The Morgan fingerprint density at radius 3 is 0.963 bits per heavy atom. The van der Waals surface area contributed by atoms with E-state index in [9.17, 15) is 0 Å². The predicted molar refractivity (Wildman–Crippen MR) is 116 cm³/mol. The SMILES string of the molecule is CCC(C)[N-]C([N-]C)C(C)C.CCC(C)[N-]C([N-]C)C(C)C.[CH-]=O.[CH-]=O.[Ru+6]. The van der Waals surface area contributed by atoms with Gasteiger partial charge in [0, 0.05) is 0 Å². The van der Waals surface area contributed by atoms with Crippen molar-refractivity contribution < 1.29 is 29.1 Å². The van der Waals surface area contributed by atoms with Crippen LogP contribution < -0.4 is 0 Å². The molecular weight excluding hydrogens is 429 g/mol. The van der Waals surface area contributed by atoms with Crippen molar-refractivity contribution in [2.24, 2.45) is 11.8 Å². The van der Waals surface area contributed by atoms with Crippen LogP contribution in [0.15, 0.2) is 0 Å². The molecule has 0 aliphatic heterocycles. The first-order valence-corrected chi connectivity index (χ1v) is 9.28. The second kappa shape index (κ2) is 28.0. The normalized spacial score (nSPS) is 14.1. The number of rotatable bonds is 10. The monoisotopic (exact) mass is 472 g/mol. The molecule has 0 aromatic heterocycles. The molecule has 0 saturated heterocycles. The fraction of sp³-hybridized carbons (Fsp3) is 0.900. The van der Waals surface area contributed by atoms with E-state index in [2.05, 4.69) is 90.2 Å². The minimum atomic E-state index is 0. The first kappa shape index (κ1) is 37.5. The Morgan fingerprint density at radius 2 is 0.852 bits per heavy atom. The summed E-state index contributed by atoms with van der Waals surface area (Å²) in [5, 5.41) is 17.5. The summed E-state index contributed by atoms with van der Waals surface area (Å²) >= 11 is 0. The molecular formula is C20H42N4O2Ru. The average molecular weight is 472 g/mol. The van der Waals surface area contributed by atoms with Crippen LogP contribution in [0.4, 0.5) is 0 Å². The predicted octanol–water partition coefficient (Wildman–Crippen LogP) is 5.74. The van der Waals surface area contributed by atoms with Crippen LogP contribution in [0.25, 0.3) is 21.3 Å². The van der Waals surface area contributed by atoms with Crippen LogP contribution in [-0.2, 0) is 29.1 Å². The van der Waals surface area contributed by atoms with E-state index in [1.54, 1.807) is 0 Å². The minimum Gasteiger partial charge on any atom is -0.680 e. The van der Waals surface area contributed by atoms with Crippen LogP contribution in [-0.4, -0.2) is 52.1 Å². The Balaban J connectivity index is -0.0000000975. The molecule has 0 aliphatic carbocycles. The summed E-state index contributed by atoms with van der Waals surface area (Å²) in [4.78, 5) is 15.5. The maximum Gasteiger partial charge on any atom is 6.00 e. The number of nitrogens with zero attached hydrogens (tertiary/aromatic N) is 4. The molecule has 0 fully saturated rings. The van der Waals surface area contributed by atoms with E-state index in [-0.39, 0.29) is 31.8 Å². The van der Waals surface area contributed by atoms with Crippen LogP contribution in [0.3, 0.4) is 0 Å². The molecule has 0 saturated carbocycles. The molecule has 162 valence electrons. The van der Waals surface area contributed by atoms with E-state index in [1.165, 1.54) is 0 Å². The number of hydrogen-bond acceptors (Lipinski definition) is 2. The molecule has 0 rings (SSSR count). The van der Waals surface area contributed by atoms with E-state index >= 15 is 0 Å². The van der Waals surface area contributed by atoms with Crippen LogP contribution in [0.5, 0.6) is 0 Å². The fourth-order valence-electron chi connectivity index (χ4n) is 1.81. The smallest absolute Gasteiger partial charge is 0.680 e. The molecule has 0 radical (unpaired) electrons. The van der Waals surface area contributed by atoms with E-state index < -0.39 is 0 Å². The zero-order valence-corrected chi connectivity index (χ0v) is 20.7. The number of hydrogen-bond donors (Lipinski definition) is 0. The van der Waals surface area contributed by atoms with Crippen LogP contribution >= 0.6 is 0 Å². The van der Waals surface area contributed by atoms with Gasteiger partial charge in [-0.1, -0.05) is 80.1 Å². The van der Waals surface area contributed by atoms with E-state index in [0.717, 1.165) is 12.8 Å². The molecule has 6 nitrogen and oxygen atoms in total. The van der Waals surface area contributed by atoms with Gasteiger partial charge in [-0.25, -0.2) is 12.3 Å². The van der Waals surface area contributed by atoms with Crippen molar-refractivity contribution in [2.45, 2.75) is 92.6 Å². The fourth-order valence-corrected chi connectivity index (χ4v) is 1.81. The average Bonchev–Trinajstić information content (AvgIpc) is 2.66. The minimum absolute atomic E-state index is 0. The summed E-state index contributed by atoms with van der Waals surface area (Å²) < 4.78 is 0. The molecule has 0 N–H and O–H groups in total. The first-order chi connectivity index (χ1) is 12.2. The van der Waals surface area contributed by atoms with Crippen molar-refractivity contribution in [3.05, 3.63) is 21.3 Å². The standard InChI is InChI=1S/2C9H20N2.2CHO.Ru/c2*1-6-8(4)11-9(10-5)7(2)3;2*1-2;/h2*7-9H,6H2,1-5H3;2*1H;/q2*-2;2*-1;+6. The van der Waals surface area contributed by atoms with Crippen LogP contribution in [0, 0.1) is 11.8 Å². The summed E-state index contributed by atoms with van der Waals surface area (Å²) in [7, 11) is 3.69. The molecule has 4 unspecified atom stereocenters. The summed E-state index contributed by atoms with van der Waals surface area (Å²) in [5.74, 6) is 1.07. The molecule has 7 heteroatoms. The second-order valence-corrected chi connectivity index (χ2v) is 6.64. The topological polar surface area (TPSA) is 90.5 Å². The first-order valence-electron chi connectivity index (χ1n) is 9.28. The Labute approximate surface area is 182 Å². The third-order valence-corrected chi connectivity index (χ3v) is 3.72. The van der Waals surface area contributed by atoms with Gasteiger partial charge in [0.05, 0.1) is 0 Å². The maximum absolute atomic E-state index is 7.75. The molecule has 4 atom stereocenters. The van der Waals surface area contributed by atoms with Gasteiger partial charge in [0.2, 0.25) is 0 Å². The Kier molecular flexibility index (Phi) is 39.0. The summed E-state index contributed by atoms with van der Waals surface area (Å²) in [6.45, 7) is 23.7. The Bertz CT molecular complexity index is 246. The molecule has 0 aliphatic rings. The number of carbonyl (C=O) groups excluding carboxylic acids is 2. The van der Waals surface area contributed by atoms with E-state index in [4.69, 9.17) is 9.59 Å². The largest absolute Gasteiger partial charge is 6.00 e. The molecule has 0 bridgehead atoms. The quantitative estimate of drug-likeness (QED) is 0.231. The van der Waals surface area contributed by atoms with Gasteiger partial charge in [-0.15, -0.1) is 12.1 Å². The van der Waals surface area contributed by atoms with Gasteiger partial charge in [-0.05, 0) is 0 Å². The Hall–Kier alpha value is -0.197. The third-order valence-electron chi connectivity index (χ3n) is 3.72. The second-order valence-electron chi connectivity index (χ2n) is 6.64. The van der Waals surface area contributed by atoms with Crippen molar-refractivity contribution in [3.63, 3.8) is 0 Å². The van der Waals surface area contributed by atoms with Crippen molar-refractivity contribution in [1.29, 1.82) is 0 Å². The zero-order chi connectivity index (χ0) is 21.7. The van der Waals surface area contributed by atoms with Crippen LogP contribution in [0.2, 0.25) is 0 Å². The molecule has 0 aromatic carbocycles. The maximum atomic E-state index is 7.75. The van der Waals surface area contributed by atoms with E-state index in [1.807, 2.05) is 14.1 Å². The van der Waals surface area contributed by atoms with E-state index in [0.29, 0.717) is 23.9 Å². The van der Waals surface area contributed by atoms with Gasteiger partial charge < -0.3 is 30.9 Å². The third kappa shape index (κ3) is 25.8. The molecule has 0 aromatic rings. The summed E-state index contributed by atoms with van der Waals surface area (Å²) in [6, 6.07) is 0.900. The molecule has 0 heterocycles. The van der Waals surface area contributed by atoms with Gasteiger partial charge in [0.1, 0.15) is 0 Å². The van der Waals surface area contributed by atoms with Crippen LogP contribution in [0.1, 0.15) is 68.2 Å². The molecule has 27 heavy (non-hydrogen) atoms. The van der Waals surface area contributed by atoms with Gasteiger partial charge >= 0.3 is 19.5 Å². The summed E-state index contributed by atoms with van der Waals surface area (Å²) in [6.07, 6.45) is 2.62. The van der Waals surface area contributed by atoms with Crippen molar-refractivity contribution >= 4 is 13.6 Å². The zero-order valence-electron chi connectivity index (χ0n) is 19.0. The molecule has 0 amide bonds. The van der Waals surface area contributed by atoms with Crippen molar-refractivity contribution in [2.75, 3.05) is 14.1 Å².